The number of para-hydroxylation sites is 1. The van der Waals surface area contributed by atoms with Crippen LogP contribution in [0.15, 0.2) is 64.3 Å². The van der Waals surface area contributed by atoms with E-state index in [-0.39, 0.29) is 21.3 Å². The molecule has 0 saturated carbocycles. The monoisotopic (exact) mass is 454 g/mol. The average molecular weight is 455 g/mol. The van der Waals surface area contributed by atoms with E-state index in [2.05, 4.69) is 14.7 Å². The van der Waals surface area contributed by atoms with Gasteiger partial charge in [0.2, 0.25) is 0 Å². The molecule has 0 aliphatic rings. The fraction of sp³-hybridized carbons (Fsp3) is 0.0500. The maximum Gasteiger partial charge on any atom is 0.263 e. The van der Waals surface area contributed by atoms with Crippen LogP contribution < -0.4 is 9.46 Å². The van der Waals surface area contributed by atoms with E-state index in [0.29, 0.717) is 5.75 Å². The zero-order valence-corrected chi connectivity index (χ0v) is 18.0. The molecule has 2 aromatic carbocycles. The van der Waals surface area contributed by atoms with Gasteiger partial charge in [-0.1, -0.05) is 12.1 Å². The summed E-state index contributed by atoms with van der Waals surface area (Å²) in [6.45, 7) is 1.92. The van der Waals surface area contributed by atoms with Crippen LogP contribution in [0, 0.1) is 18.3 Å². The molecule has 1 N–H and O–H groups in total. The van der Waals surface area contributed by atoms with Crippen molar-refractivity contribution in [3.63, 3.8) is 0 Å². The Balaban J connectivity index is 1.66. The number of rotatable bonds is 6. The molecule has 4 rings (SSSR count). The largest absolute Gasteiger partial charge is 0.455 e. The summed E-state index contributed by atoms with van der Waals surface area (Å²) in [4.78, 5) is 8.35. The summed E-state index contributed by atoms with van der Waals surface area (Å²) < 4.78 is 33.5. The highest BCUT2D eigenvalue weighted by atomic mass is 32.2. The lowest BCUT2D eigenvalue weighted by Crippen LogP contribution is -2.13. The Morgan fingerprint density at radius 3 is 2.67 bits per heavy atom. The second-order valence-corrected chi connectivity index (χ2v) is 9.70. The van der Waals surface area contributed by atoms with Gasteiger partial charge in [-0.15, -0.1) is 22.7 Å². The fourth-order valence-electron chi connectivity index (χ4n) is 2.67. The molecule has 7 nitrogen and oxygen atoms in total. The second kappa shape index (κ2) is 8.23. The van der Waals surface area contributed by atoms with Gasteiger partial charge in [-0.05, 0) is 37.3 Å². The van der Waals surface area contributed by atoms with Crippen molar-refractivity contribution in [2.24, 2.45) is 0 Å². The van der Waals surface area contributed by atoms with Crippen LogP contribution in [0.2, 0.25) is 0 Å². The molecule has 0 amide bonds. The zero-order chi connectivity index (χ0) is 21.1. The minimum absolute atomic E-state index is 0.0509. The van der Waals surface area contributed by atoms with Crippen LogP contribution in [-0.4, -0.2) is 18.4 Å². The Morgan fingerprint density at radius 2 is 1.97 bits per heavy atom. The number of nitrogens with one attached hydrogen (secondary N) is 1. The van der Waals surface area contributed by atoms with Crippen molar-refractivity contribution in [3.05, 3.63) is 70.0 Å². The zero-order valence-electron chi connectivity index (χ0n) is 15.6. The lowest BCUT2D eigenvalue weighted by Gasteiger charge is -2.12. The van der Waals surface area contributed by atoms with E-state index in [0.717, 1.165) is 27.6 Å². The van der Waals surface area contributed by atoms with Crippen LogP contribution in [0.25, 0.3) is 11.3 Å². The molecule has 0 bridgehead atoms. The summed E-state index contributed by atoms with van der Waals surface area (Å²) >= 11 is 2.70. The minimum atomic E-state index is -3.87. The number of ether oxygens (including phenoxy) is 1. The van der Waals surface area contributed by atoms with Gasteiger partial charge in [0.15, 0.2) is 5.13 Å². The number of benzene rings is 2. The Hall–Kier alpha value is -3.26. The third-order valence-electron chi connectivity index (χ3n) is 4.04. The third-order valence-corrected chi connectivity index (χ3v) is 6.97. The van der Waals surface area contributed by atoms with E-state index in [4.69, 9.17) is 4.74 Å². The summed E-state index contributed by atoms with van der Waals surface area (Å²) in [7, 11) is -3.87. The fourth-order valence-corrected chi connectivity index (χ4v) is 5.10. The normalized spacial score (nSPS) is 11.1. The lowest BCUT2D eigenvalue weighted by atomic mass is 10.1. The lowest BCUT2D eigenvalue weighted by molar-refractivity contribution is 0.482. The molecule has 2 heterocycles. The average Bonchev–Trinajstić information content (AvgIpc) is 3.40. The van der Waals surface area contributed by atoms with Crippen molar-refractivity contribution in [1.82, 2.24) is 9.97 Å². The van der Waals surface area contributed by atoms with Gasteiger partial charge in [-0.3, -0.25) is 4.72 Å². The molecular weight excluding hydrogens is 440 g/mol. The molecule has 30 heavy (non-hydrogen) atoms. The summed E-state index contributed by atoms with van der Waals surface area (Å²) in [5.74, 6) is 0.779. The van der Waals surface area contributed by atoms with Gasteiger partial charge in [0.05, 0.1) is 21.2 Å². The molecule has 4 aromatic rings. The van der Waals surface area contributed by atoms with Gasteiger partial charge in [-0.2, -0.15) is 5.26 Å². The molecule has 0 unspecified atom stereocenters. The molecule has 0 spiro atoms. The first-order valence-electron chi connectivity index (χ1n) is 8.62. The van der Waals surface area contributed by atoms with Crippen LogP contribution in [0.5, 0.6) is 11.5 Å². The van der Waals surface area contributed by atoms with Crippen molar-refractivity contribution < 1.29 is 13.2 Å². The molecule has 0 aliphatic carbocycles. The van der Waals surface area contributed by atoms with E-state index in [9.17, 15) is 13.7 Å². The molecule has 0 radical (unpaired) electrons. The SMILES string of the molecule is Cc1nc(-c2ccccc2Oc2ccc(S(=O)(=O)Nc3nccs3)cc2C#N)cs1. The minimum Gasteiger partial charge on any atom is -0.455 e. The first-order valence-corrected chi connectivity index (χ1v) is 11.9. The summed E-state index contributed by atoms with van der Waals surface area (Å²) in [5, 5.41) is 14.3. The second-order valence-electron chi connectivity index (χ2n) is 6.06. The van der Waals surface area contributed by atoms with Crippen molar-refractivity contribution >= 4 is 37.8 Å². The summed E-state index contributed by atoms with van der Waals surface area (Å²) in [6.07, 6.45) is 1.50. The highest BCUT2D eigenvalue weighted by molar-refractivity contribution is 7.93. The number of hydrogen-bond donors (Lipinski definition) is 1. The maximum absolute atomic E-state index is 12.6. The predicted molar refractivity (Wildman–Crippen MR) is 116 cm³/mol. The quantitative estimate of drug-likeness (QED) is 0.438. The number of aryl methyl sites for hydroxylation is 1. The number of nitriles is 1. The van der Waals surface area contributed by atoms with Crippen molar-refractivity contribution in [2.75, 3.05) is 4.72 Å². The number of aromatic nitrogens is 2. The summed E-state index contributed by atoms with van der Waals surface area (Å²) in [5.41, 5.74) is 1.66. The Labute approximate surface area is 181 Å². The molecule has 0 saturated heterocycles. The van der Waals surface area contributed by atoms with E-state index in [1.54, 1.807) is 11.4 Å². The molecule has 0 fully saturated rings. The predicted octanol–water partition coefficient (Wildman–Crippen LogP) is 5.04. The highest BCUT2D eigenvalue weighted by Gasteiger charge is 2.19. The number of hydrogen-bond acceptors (Lipinski definition) is 8. The first kappa shape index (κ1) is 20.0. The van der Waals surface area contributed by atoms with Crippen LogP contribution in [-0.2, 0) is 10.0 Å². The summed E-state index contributed by atoms with van der Waals surface area (Å²) in [6, 6.07) is 13.5. The van der Waals surface area contributed by atoms with Gasteiger partial charge in [-0.25, -0.2) is 18.4 Å². The molecule has 10 heteroatoms. The number of anilines is 1. The van der Waals surface area contributed by atoms with E-state index in [1.165, 1.54) is 35.7 Å². The maximum atomic E-state index is 12.6. The topological polar surface area (TPSA) is 105 Å². The molecule has 150 valence electrons. The van der Waals surface area contributed by atoms with Crippen molar-refractivity contribution in [3.8, 4) is 28.8 Å². The van der Waals surface area contributed by atoms with E-state index in [1.807, 2.05) is 36.6 Å². The first-order chi connectivity index (χ1) is 14.5. The van der Waals surface area contributed by atoms with Crippen molar-refractivity contribution in [1.29, 1.82) is 5.26 Å². The van der Waals surface area contributed by atoms with Crippen LogP contribution in [0.3, 0.4) is 0 Å². The third kappa shape index (κ3) is 4.18. The van der Waals surface area contributed by atoms with Gasteiger partial charge in [0.1, 0.15) is 17.6 Å². The molecular formula is C20H14N4O3S3. The Bertz CT molecular complexity index is 1340. The van der Waals surface area contributed by atoms with Crippen LogP contribution in [0.1, 0.15) is 10.6 Å². The molecule has 0 atom stereocenters. The molecule has 2 aromatic heterocycles. The Morgan fingerprint density at radius 1 is 1.13 bits per heavy atom. The van der Waals surface area contributed by atoms with E-state index < -0.39 is 10.0 Å². The number of nitrogens with zero attached hydrogens (tertiary/aromatic N) is 3. The van der Waals surface area contributed by atoms with Gasteiger partial charge >= 0.3 is 0 Å². The number of sulfonamides is 1. The smallest absolute Gasteiger partial charge is 0.263 e. The van der Waals surface area contributed by atoms with Crippen molar-refractivity contribution in [2.45, 2.75) is 11.8 Å². The van der Waals surface area contributed by atoms with E-state index >= 15 is 0 Å². The van der Waals surface area contributed by atoms with Crippen LogP contribution in [0.4, 0.5) is 5.13 Å². The molecule has 0 aliphatic heterocycles. The Kier molecular flexibility index (Phi) is 5.50. The number of thiazole rings is 2. The van der Waals surface area contributed by atoms with Gasteiger partial charge in [0, 0.05) is 22.5 Å². The highest BCUT2D eigenvalue weighted by Crippen LogP contribution is 2.35. The van der Waals surface area contributed by atoms with Gasteiger partial charge < -0.3 is 4.74 Å². The standard InChI is InChI=1S/C20H14N4O3S3/c1-13-23-17(12-29-13)16-4-2-3-5-19(16)27-18-7-6-15(10-14(18)11-21)30(25,26)24-20-22-8-9-28-20/h2-10,12H,1H3,(H,22,24). The van der Waals surface area contributed by atoms with Gasteiger partial charge in [0.25, 0.3) is 10.0 Å². The van der Waals surface area contributed by atoms with Crippen LogP contribution >= 0.6 is 22.7 Å².